The van der Waals surface area contributed by atoms with Gasteiger partial charge in [0, 0.05) is 18.7 Å². The van der Waals surface area contributed by atoms with Crippen LogP contribution in [0.2, 0.25) is 0 Å². The lowest BCUT2D eigenvalue weighted by atomic mass is 9.97. The van der Waals surface area contributed by atoms with Gasteiger partial charge in [-0.2, -0.15) is 0 Å². The highest BCUT2D eigenvalue weighted by atomic mass is 32.2. The minimum Gasteiger partial charge on any atom is -0.466 e. The third kappa shape index (κ3) is 4.93. The van der Waals surface area contributed by atoms with Gasteiger partial charge in [0.1, 0.15) is 11.5 Å². The summed E-state index contributed by atoms with van der Waals surface area (Å²) in [5, 5.41) is 0. The standard InChI is InChI=1S/C23H34N2O3S/c1-15-11-16(2)19(5)23(18(15)4)29(26,27)24-13-21-7-9-25(10-8-21)14-22-12-17(3)28-20(22)6/h11-12,21,24H,7-10,13-14H2,1-6H3. The Balaban J connectivity index is 1.58. The average Bonchev–Trinajstić information content (AvgIpc) is 2.96. The Morgan fingerprint density at radius 2 is 1.59 bits per heavy atom. The van der Waals surface area contributed by atoms with Crippen LogP contribution in [-0.2, 0) is 16.6 Å². The molecule has 1 aromatic carbocycles. The Kier molecular flexibility index (Phi) is 6.56. The summed E-state index contributed by atoms with van der Waals surface area (Å²) in [6, 6.07) is 4.17. The number of aryl methyl sites for hydroxylation is 4. The van der Waals surface area contributed by atoms with Gasteiger partial charge in [-0.3, -0.25) is 4.90 Å². The lowest BCUT2D eigenvalue weighted by Crippen LogP contribution is -2.38. The molecule has 1 N–H and O–H groups in total. The van der Waals surface area contributed by atoms with E-state index in [1.165, 1.54) is 5.56 Å². The lowest BCUT2D eigenvalue weighted by molar-refractivity contribution is 0.178. The van der Waals surface area contributed by atoms with Crippen molar-refractivity contribution >= 4 is 10.0 Å². The zero-order valence-corrected chi connectivity index (χ0v) is 19.4. The molecule has 6 heteroatoms. The van der Waals surface area contributed by atoms with Crippen molar-refractivity contribution in [2.45, 2.75) is 65.8 Å². The van der Waals surface area contributed by atoms with Crippen LogP contribution in [-0.4, -0.2) is 33.0 Å². The maximum atomic E-state index is 13.0. The van der Waals surface area contributed by atoms with Crippen molar-refractivity contribution < 1.29 is 12.8 Å². The van der Waals surface area contributed by atoms with Gasteiger partial charge in [0.05, 0.1) is 4.90 Å². The molecule has 0 saturated carbocycles. The van der Waals surface area contributed by atoms with Crippen LogP contribution in [0.5, 0.6) is 0 Å². The van der Waals surface area contributed by atoms with E-state index in [4.69, 9.17) is 4.42 Å². The zero-order chi connectivity index (χ0) is 21.3. The molecule has 5 nitrogen and oxygen atoms in total. The number of nitrogens with zero attached hydrogens (tertiary/aromatic N) is 1. The van der Waals surface area contributed by atoms with Gasteiger partial charge < -0.3 is 4.42 Å². The van der Waals surface area contributed by atoms with Gasteiger partial charge in [-0.1, -0.05) is 6.07 Å². The topological polar surface area (TPSA) is 62.6 Å². The Bertz CT molecular complexity index is 958. The molecule has 0 amide bonds. The normalized spacial score (nSPS) is 16.5. The van der Waals surface area contributed by atoms with Crippen molar-refractivity contribution in [1.29, 1.82) is 0 Å². The molecular weight excluding hydrogens is 384 g/mol. The Hall–Kier alpha value is -1.63. The van der Waals surface area contributed by atoms with Gasteiger partial charge in [-0.05, 0) is 102 Å². The molecule has 0 unspecified atom stereocenters. The minimum absolute atomic E-state index is 0.375. The Labute approximate surface area is 175 Å². The summed E-state index contributed by atoms with van der Waals surface area (Å²) >= 11 is 0. The molecular formula is C23H34N2O3S. The van der Waals surface area contributed by atoms with Gasteiger partial charge in [0.15, 0.2) is 0 Å². The minimum atomic E-state index is -3.51. The monoisotopic (exact) mass is 418 g/mol. The van der Waals surface area contributed by atoms with Crippen LogP contribution in [0.3, 0.4) is 0 Å². The number of likely N-dealkylation sites (tertiary alicyclic amines) is 1. The number of rotatable bonds is 6. The highest BCUT2D eigenvalue weighted by molar-refractivity contribution is 7.89. The Morgan fingerprint density at radius 1 is 1.00 bits per heavy atom. The van der Waals surface area contributed by atoms with Crippen molar-refractivity contribution in [2.75, 3.05) is 19.6 Å². The molecule has 2 aromatic rings. The third-order valence-corrected chi connectivity index (χ3v) is 8.07. The number of benzene rings is 1. The Morgan fingerprint density at radius 3 is 2.10 bits per heavy atom. The van der Waals surface area contributed by atoms with Crippen molar-refractivity contribution in [3.8, 4) is 0 Å². The van der Waals surface area contributed by atoms with Crippen LogP contribution >= 0.6 is 0 Å². The predicted octanol–water partition coefficient (Wildman–Crippen LogP) is 4.32. The first-order chi connectivity index (χ1) is 13.6. The summed E-state index contributed by atoms with van der Waals surface area (Å²) in [5.74, 6) is 2.33. The highest BCUT2D eigenvalue weighted by Crippen LogP contribution is 2.27. The number of hydrogen-bond acceptors (Lipinski definition) is 4. The van der Waals surface area contributed by atoms with E-state index in [0.29, 0.717) is 17.4 Å². The number of furan rings is 1. The maximum absolute atomic E-state index is 13.0. The fraction of sp³-hybridized carbons (Fsp3) is 0.565. The molecule has 0 aliphatic carbocycles. The molecule has 1 aliphatic heterocycles. The summed E-state index contributed by atoms with van der Waals surface area (Å²) in [7, 11) is -3.51. The second-order valence-corrected chi connectivity index (χ2v) is 10.3. The SMILES string of the molecule is Cc1cc(CN2CCC(CNS(=O)(=O)c3c(C)c(C)cc(C)c3C)CC2)c(C)o1. The maximum Gasteiger partial charge on any atom is 0.241 e. The molecule has 1 aromatic heterocycles. The number of hydrogen-bond donors (Lipinski definition) is 1. The third-order valence-electron chi connectivity index (χ3n) is 6.37. The van der Waals surface area contributed by atoms with Crippen molar-refractivity contribution in [1.82, 2.24) is 9.62 Å². The van der Waals surface area contributed by atoms with Crippen LogP contribution in [0, 0.1) is 47.5 Å². The summed E-state index contributed by atoms with van der Waals surface area (Å²) < 4.78 is 34.6. The highest BCUT2D eigenvalue weighted by Gasteiger charge is 2.25. The molecule has 1 saturated heterocycles. The van der Waals surface area contributed by atoms with E-state index in [9.17, 15) is 8.42 Å². The van der Waals surface area contributed by atoms with Gasteiger partial charge in [-0.25, -0.2) is 13.1 Å². The summed E-state index contributed by atoms with van der Waals surface area (Å²) in [4.78, 5) is 2.89. The molecule has 1 fully saturated rings. The van der Waals surface area contributed by atoms with Crippen LogP contribution < -0.4 is 4.72 Å². The van der Waals surface area contributed by atoms with Crippen LogP contribution in [0.25, 0.3) is 0 Å². The van der Waals surface area contributed by atoms with Gasteiger partial charge in [0.25, 0.3) is 0 Å². The average molecular weight is 419 g/mol. The predicted molar refractivity (Wildman–Crippen MR) is 117 cm³/mol. The van der Waals surface area contributed by atoms with Gasteiger partial charge >= 0.3 is 0 Å². The van der Waals surface area contributed by atoms with Crippen molar-refractivity contribution in [3.05, 3.63) is 51.5 Å². The van der Waals surface area contributed by atoms with Crippen molar-refractivity contribution in [3.63, 3.8) is 0 Å². The van der Waals surface area contributed by atoms with Crippen molar-refractivity contribution in [2.24, 2.45) is 5.92 Å². The van der Waals surface area contributed by atoms with E-state index in [1.54, 1.807) is 0 Å². The number of piperidine rings is 1. The summed E-state index contributed by atoms with van der Waals surface area (Å²) in [6.45, 7) is 15.1. The number of nitrogens with one attached hydrogen (secondary N) is 1. The first-order valence-corrected chi connectivity index (χ1v) is 11.9. The van der Waals surface area contributed by atoms with Gasteiger partial charge in [0.2, 0.25) is 10.0 Å². The molecule has 0 radical (unpaired) electrons. The van der Waals surface area contributed by atoms with E-state index < -0.39 is 10.0 Å². The molecule has 0 spiro atoms. The van der Waals surface area contributed by atoms with Crippen LogP contribution in [0.4, 0.5) is 0 Å². The quantitative estimate of drug-likeness (QED) is 0.759. The summed E-state index contributed by atoms with van der Waals surface area (Å²) in [6.07, 6.45) is 2.01. The zero-order valence-electron chi connectivity index (χ0n) is 18.6. The summed E-state index contributed by atoms with van der Waals surface area (Å²) in [5.41, 5.74) is 4.99. The molecule has 1 aliphatic rings. The molecule has 29 heavy (non-hydrogen) atoms. The van der Waals surface area contributed by atoms with E-state index >= 15 is 0 Å². The molecule has 0 atom stereocenters. The first kappa shape index (κ1) is 22.1. The fourth-order valence-corrected chi connectivity index (χ4v) is 6.04. The molecule has 3 rings (SSSR count). The van der Waals surface area contributed by atoms with Crippen LogP contribution in [0.15, 0.2) is 21.4 Å². The fourth-order valence-electron chi connectivity index (χ4n) is 4.31. The smallest absolute Gasteiger partial charge is 0.241 e. The van der Waals surface area contributed by atoms with E-state index in [0.717, 1.165) is 66.3 Å². The second kappa shape index (κ2) is 8.62. The lowest BCUT2D eigenvalue weighted by Gasteiger charge is -2.32. The first-order valence-electron chi connectivity index (χ1n) is 10.4. The second-order valence-electron chi connectivity index (χ2n) is 8.60. The largest absolute Gasteiger partial charge is 0.466 e. The van der Waals surface area contributed by atoms with E-state index in [2.05, 4.69) is 21.8 Å². The molecule has 160 valence electrons. The van der Waals surface area contributed by atoms with Crippen LogP contribution in [0.1, 0.15) is 52.2 Å². The number of sulfonamides is 1. The molecule has 2 heterocycles. The molecule has 0 bridgehead atoms. The van der Waals surface area contributed by atoms with E-state index in [-0.39, 0.29) is 0 Å². The van der Waals surface area contributed by atoms with E-state index in [1.807, 2.05) is 41.5 Å². The van der Waals surface area contributed by atoms with Gasteiger partial charge in [-0.15, -0.1) is 0 Å².